The first-order valence-corrected chi connectivity index (χ1v) is 23.9. The minimum atomic E-state index is -1.56. The van der Waals surface area contributed by atoms with E-state index in [9.17, 15) is 24.3 Å². The average molecular weight is 989 g/mol. The second kappa shape index (κ2) is 23.3. The summed E-state index contributed by atoms with van der Waals surface area (Å²) in [5, 5.41) is 32.3. The lowest BCUT2D eigenvalue weighted by atomic mass is 9.85. The van der Waals surface area contributed by atoms with Gasteiger partial charge < -0.3 is 50.9 Å². The van der Waals surface area contributed by atoms with Crippen molar-refractivity contribution in [1.82, 2.24) is 41.6 Å². The fraction of sp³-hybridized carbons (Fsp3) is 0.529. The van der Waals surface area contributed by atoms with Crippen LogP contribution >= 0.6 is 0 Å². The van der Waals surface area contributed by atoms with Gasteiger partial charge in [0.15, 0.2) is 0 Å². The number of hydrogen-bond donors (Lipinski definition) is 7. The number of hydrazine groups is 1. The van der Waals surface area contributed by atoms with Gasteiger partial charge in [0, 0.05) is 68.2 Å². The summed E-state index contributed by atoms with van der Waals surface area (Å²) in [6, 6.07) is 11.6. The van der Waals surface area contributed by atoms with E-state index in [1.165, 1.54) is 32.2 Å². The van der Waals surface area contributed by atoms with E-state index in [2.05, 4.69) is 36.5 Å². The number of rotatable bonds is 19. The van der Waals surface area contributed by atoms with E-state index in [-0.39, 0.29) is 17.7 Å². The summed E-state index contributed by atoms with van der Waals surface area (Å²) >= 11 is 0. The highest BCUT2D eigenvalue weighted by Gasteiger charge is 2.45. The number of aliphatic hydroxyl groups is 1. The number of pyridine rings is 1. The van der Waals surface area contributed by atoms with Gasteiger partial charge in [-0.2, -0.15) is 0 Å². The van der Waals surface area contributed by atoms with Gasteiger partial charge in [0.2, 0.25) is 5.91 Å². The number of carbonyl (C=O) groups is 4. The van der Waals surface area contributed by atoms with Gasteiger partial charge in [-0.3, -0.25) is 19.9 Å². The van der Waals surface area contributed by atoms with Crippen LogP contribution in [0.25, 0.3) is 11.1 Å². The van der Waals surface area contributed by atoms with Crippen LogP contribution in [0.15, 0.2) is 67.0 Å². The molecule has 386 valence electrons. The number of aromatic nitrogens is 1. The number of amides is 4. The normalized spacial score (nSPS) is 19.0. The highest BCUT2D eigenvalue weighted by Crippen LogP contribution is 2.36. The number of alkyl carbamates (subject to hydrolysis) is 2. The summed E-state index contributed by atoms with van der Waals surface area (Å²) in [7, 11) is 3.92. The molecule has 0 saturated carbocycles. The minimum Gasteiger partial charge on any atom is -0.453 e. The van der Waals surface area contributed by atoms with Gasteiger partial charge in [0.05, 0.1) is 51.3 Å². The Morgan fingerprint density at radius 3 is 1.92 bits per heavy atom. The second-order valence-corrected chi connectivity index (χ2v) is 20.6. The predicted octanol–water partition coefficient (Wildman–Crippen LogP) is 4.64. The summed E-state index contributed by atoms with van der Waals surface area (Å²) in [4.78, 5) is 63.0. The lowest BCUT2D eigenvalue weighted by Crippen LogP contribution is -2.62. The van der Waals surface area contributed by atoms with Gasteiger partial charge in [-0.15, -0.1) is 0 Å². The van der Waals surface area contributed by atoms with E-state index < -0.39 is 89.3 Å². The van der Waals surface area contributed by atoms with Gasteiger partial charge in [-0.1, -0.05) is 65.8 Å². The van der Waals surface area contributed by atoms with Gasteiger partial charge in [0.1, 0.15) is 29.5 Å². The number of methoxy groups -OCH3 is 2. The number of halogens is 2. The zero-order chi connectivity index (χ0) is 51.8. The summed E-state index contributed by atoms with van der Waals surface area (Å²) in [6.45, 7) is 12.6. The lowest BCUT2D eigenvalue weighted by molar-refractivity contribution is -0.132. The summed E-state index contributed by atoms with van der Waals surface area (Å²) in [5.74, 6) is -2.59. The Kier molecular flexibility index (Phi) is 17.8. The molecule has 2 aromatic carbocycles. The molecule has 0 spiro atoms. The van der Waals surface area contributed by atoms with Crippen molar-refractivity contribution >= 4 is 35.5 Å². The molecule has 20 heteroatoms. The molecule has 3 aliphatic heterocycles. The molecule has 2 bridgehead atoms. The highest BCUT2D eigenvalue weighted by molar-refractivity contribution is 6.06. The van der Waals surface area contributed by atoms with Crippen LogP contribution < -0.4 is 31.6 Å². The maximum atomic E-state index is 15.9. The van der Waals surface area contributed by atoms with Crippen molar-refractivity contribution in [3.63, 3.8) is 0 Å². The molecule has 3 aliphatic rings. The van der Waals surface area contributed by atoms with Gasteiger partial charge in [-0.05, 0) is 77.8 Å². The third kappa shape index (κ3) is 13.8. The Bertz CT molecular complexity index is 2350. The molecule has 18 nitrogen and oxygen atoms in total. The molecule has 3 saturated heterocycles. The molecule has 0 aliphatic carbocycles. The van der Waals surface area contributed by atoms with Crippen LogP contribution in [0.3, 0.4) is 0 Å². The van der Waals surface area contributed by atoms with Gasteiger partial charge in [0.25, 0.3) is 5.91 Å². The largest absolute Gasteiger partial charge is 0.453 e. The van der Waals surface area contributed by atoms with Gasteiger partial charge >= 0.3 is 12.2 Å². The number of piperazine rings is 1. The van der Waals surface area contributed by atoms with Crippen molar-refractivity contribution in [3.05, 3.63) is 95.3 Å². The zero-order valence-corrected chi connectivity index (χ0v) is 42.1. The zero-order valence-electron chi connectivity index (χ0n) is 42.1. The average Bonchev–Trinajstić information content (AvgIpc) is 3.53. The molecule has 3 aromatic rings. The molecular weight excluding hydrogens is 919 g/mol. The Morgan fingerprint density at radius 1 is 0.859 bits per heavy atom. The molecule has 1 aromatic heterocycles. The highest BCUT2D eigenvalue weighted by atomic mass is 19.1. The summed E-state index contributed by atoms with van der Waals surface area (Å²) < 4.78 is 46.9. The van der Waals surface area contributed by atoms with E-state index >= 15 is 8.78 Å². The fourth-order valence-electron chi connectivity index (χ4n) is 9.29. The topological polar surface area (TPSA) is 223 Å². The van der Waals surface area contributed by atoms with Crippen molar-refractivity contribution in [2.75, 3.05) is 59.0 Å². The number of anilines is 1. The number of aliphatic hydroxyl groups excluding tert-OH is 1. The van der Waals surface area contributed by atoms with Crippen LogP contribution in [0.5, 0.6) is 0 Å². The van der Waals surface area contributed by atoms with Crippen LogP contribution in [-0.4, -0.2) is 146 Å². The first-order valence-electron chi connectivity index (χ1n) is 23.9. The Labute approximate surface area is 414 Å². The van der Waals surface area contributed by atoms with Crippen LogP contribution in [-0.2, 0) is 36.8 Å². The molecule has 4 heterocycles. The molecule has 4 amide bonds. The molecule has 6 rings (SSSR count). The molecule has 3 fully saturated rings. The minimum absolute atomic E-state index is 0.0245. The van der Waals surface area contributed by atoms with Crippen molar-refractivity contribution < 1.29 is 47.3 Å². The molecule has 2 unspecified atom stereocenters. The maximum absolute atomic E-state index is 15.9. The van der Waals surface area contributed by atoms with Crippen molar-refractivity contribution in [2.24, 2.45) is 10.8 Å². The van der Waals surface area contributed by atoms with E-state index in [4.69, 9.17) is 24.6 Å². The Balaban J connectivity index is 1.27. The third-order valence-corrected chi connectivity index (χ3v) is 13.2. The Hall–Kier alpha value is -6.22. The van der Waals surface area contributed by atoms with Crippen molar-refractivity contribution in [2.45, 2.75) is 110 Å². The summed E-state index contributed by atoms with van der Waals surface area (Å²) in [6.07, 6.45) is 3.68. The van der Waals surface area contributed by atoms with Crippen molar-refractivity contribution in [3.8, 4) is 11.1 Å². The smallest absolute Gasteiger partial charge is 0.407 e. The SMILES string of the molecule is CN/C=C\C(=N)c1cc(F)c(CN(C[C@H](O)[C@H](Cc2ccc(-c3ccc(N4CC5CCC(C4)N5C4COC4)nc3)cc2)NC(=O)[C@@H](NC(=O)OC)C(C)(C)C)NC(=O)[C@@H](NC(=O)OC)C(C)(C)C)c(F)c1. The van der Waals surface area contributed by atoms with Crippen LogP contribution in [0.2, 0.25) is 0 Å². The number of fused-ring (bicyclic) bond motifs is 2. The van der Waals surface area contributed by atoms with Crippen LogP contribution in [0, 0.1) is 27.9 Å². The second-order valence-electron chi connectivity index (χ2n) is 20.6. The number of ether oxygens (including phenoxy) is 3. The van der Waals surface area contributed by atoms with Gasteiger partial charge in [-0.25, -0.2) is 28.4 Å². The number of benzene rings is 2. The number of nitrogens with one attached hydrogen (secondary N) is 6. The van der Waals surface area contributed by atoms with E-state index in [0.29, 0.717) is 23.7 Å². The Morgan fingerprint density at radius 2 is 1.42 bits per heavy atom. The third-order valence-electron chi connectivity index (χ3n) is 13.2. The fourth-order valence-corrected chi connectivity index (χ4v) is 9.29. The first kappa shape index (κ1) is 54.1. The molecule has 71 heavy (non-hydrogen) atoms. The van der Waals surface area contributed by atoms with Crippen molar-refractivity contribution in [1.29, 1.82) is 5.41 Å². The number of nitrogens with zero attached hydrogens (tertiary/aromatic N) is 4. The molecule has 0 radical (unpaired) electrons. The standard InChI is InChI=1S/C51H70F2N10O8/c1-50(2,3)44(58-48(67)69-8)46(65)57-41(20-30-10-12-31(13-11-30)32-14-17-43(56-23-32)61-24-34-15-16-35(25-61)63(34)36-28-71-29-36)42(64)27-62(60-47(66)45(51(4,5)6)59-49(68)70-9)26-37-38(52)21-33(22-39(37)53)40(54)18-19-55-7/h10-14,17-19,21-23,34-36,41-42,44-45,54-55,64H,15-16,20,24-29H2,1-9H3,(H,57,65)(H,58,67)(H,59,68)(H,60,66)/b19-18-,54-40?/t34?,35?,41-,42-,44+,45+/m0/s1. The number of hydrogen-bond acceptors (Lipinski definition) is 14. The molecule has 6 atom stereocenters. The maximum Gasteiger partial charge on any atom is 0.407 e. The van der Waals surface area contributed by atoms with E-state index in [1.807, 2.05) is 42.6 Å². The van der Waals surface area contributed by atoms with Crippen LogP contribution in [0.4, 0.5) is 24.2 Å². The number of allylic oxidation sites excluding steroid dienone is 1. The van der Waals surface area contributed by atoms with E-state index in [0.717, 1.165) is 67.5 Å². The monoisotopic (exact) mass is 989 g/mol. The molecular formula is C51H70F2N10O8. The summed E-state index contributed by atoms with van der Waals surface area (Å²) in [5.41, 5.74) is 2.64. The number of carbonyl (C=O) groups excluding carboxylic acids is 4. The molecule has 7 N–H and O–H groups in total. The van der Waals surface area contributed by atoms with E-state index in [1.54, 1.807) is 48.6 Å². The quantitative estimate of drug-likeness (QED) is 0.0644. The predicted molar refractivity (Wildman–Crippen MR) is 264 cm³/mol. The van der Waals surface area contributed by atoms with Crippen LogP contribution in [0.1, 0.15) is 71.1 Å². The lowest BCUT2D eigenvalue weighted by Gasteiger charge is -2.48. The first-order chi connectivity index (χ1) is 33.6.